The number of pyridine rings is 1. The van der Waals surface area contributed by atoms with E-state index in [1.54, 1.807) is 24.3 Å². The zero-order chi connectivity index (χ0) is 22.7. The van der Waals surface area contributed by atoms with Crippen LogP contribution in [-0.2, 0) is 4.79 Å². The molecule has 1 fully saturated rings. The quantitative estimate of drug-likeness (QED) is 0.247. The van der Waals surface area contributed by atoms with Gasteiger partial charge in [-0.3, -0.25) is 10.1 Å². The van der Waals surface area contributed by atoms with Gasteiger partial charge >= 0.3 is 5.97 Å². The molecule has 2 aliphatic rings. The molecule has 0 bridgehead atoms. The fourth-order valence-electron chi connectivity index (χ4n) is 4.08. The first-order valence-electron chi connectivity index (χ1n) is 10.3. The van der Waals surface area contributed by atoms with Gasteiger partial charge in [-0.25, -0.2) is 9.98 Å². The van der Waals surface area contributed by atoms with Gasteiger partial charge in [-0.2, -0.15) is 10.5 Å². The molecule has 1 atom stereocenters. The van der Waals surface area contributed by atoms with Crippen molar-refractivity contribution in [2.24, 2.45) is 10.9 Å². The number of anilines is 3. The molecule has 2 heterocycles. The van der Waals surface area contributed by atoms with E-state index in [1.807, 2.05) is 12.3 Å². The molecule has 2 aromatic rings. The lowest BCUT2D eigenvalue weighted by Gasteiger charge is -2.26. The Morgan fingerprint density at radius 2 is 1.88 bits per heavy atom. The number of fused-ring (bicyclic) bond motifs is 1. The number of aliphatic imine (C=N–C) groups is 1. The van der Waals surface area contributed by atoms with Gasteiger partial charge < -0.3 is 21.5 Å². The summed E-state index contributed by atoms with van der Waals surface area (Å²) in [5.74, 6) is 0.658. The number of nitrogens with zero attached hydrogens (tertiary/aromatic N) is 4. The predicted octanol–water partition coefficient (Wildman–Crippen LogP) is 2.54. The van der Waals surface area contributed by atoms with Crippen LogP contribution in [0.25, 0.3) is 0 Å². The molecule has 6 N–H and O–H groups in total. The Bertz CT molecular complexity index is 1150. The third kappa shape index (κ3) is 3.98. The number of carbonyl (C=O) groups is 1. The molecule has 162 valence electrons. The first-order chi connectivity index (χ1) is 15.5. The molecule has 10 nitrogen and oxygen atoms in total. The Kier molecular flexibility index (Phi) is 5.77. The van der Waals surface area contributed by atoms with Crippen molar-refractivity contribution in [1.82, 2.24) is 10.3 Å². The minimum Gasteiger partial charge on any atom is -0.426 e. The maximum absolute atomic E-state index is 12.4. The van der Waals surface area contributed by atoms with Gasteiger partial charge in [-0.05, 0) is 30.5 Å². The van der Waals surface area contributed by atoms with E-state index in [2.05, 4.69) is 20.6 Å². The summed E-state index contributed by atoms with van der Waals surface area (Å²) in [5.41, 5.74) is 13.5. The third-order valence-corrected chi connectivity index (χ3v) is 5.71. The minimum atomic E-state index is -0.648. The first kappa shape index (κ1) is 20.9. The fourth-order valence-corrected chi connectivity index (χ4v) is 4.08. The van der Waals surface area contributed by atoms with Crippen LogP contribution >= 0.6 is 0 Å². The SMILES string of the molecule is N#CNC1=NC(c2ccc(OC(=O)C3CCCCC3)cc2)c2c(nc(N)c(C#N)c2N)N1. The molecule has 0 saturated heterocycles. The molecule has 10 heteroatoms. The van der Waals surface area contributed by atoms with Gasteiger partial charge in [0.25, 0.3) is 0 Å². The zero-order valence-electron chi connectivity index (χ0n) is 17.3. The van der Waals surface area contributed by atoms with Gasteiger partial charge in [-0.1, -0.05) is 31.4 Å². The molecular weight excluding hydrogens is 408 g/mol. The van der Waals surface area contributed by atoms with Gasteiger partial charge in [0.1, 0.15) is 35.1 Å². The number of ether oxygens (including phenoxy) is 1. The summed E-state index contributed by atoms with van der Waals surface area (Å²) in [7, 11) is 0. The van der Waals surface area contributed by atoms with Gasteiger partial charge in [0.15, 0.2) is 6.19 Å². The van der Waals surface area contributed by atoms with Gasteiger partial charge in [0.2, 0.25) is 5.96 Å². The second-order valence-electron chi connectivity index (χ2n) is 7.73. The van der Waals surface area contributed by atoms with Crippen molar-refractivity contribution in [3.63, 3.8) is 0 Å². The highest BCUT2D eigenvalue weighted by Gasteiger charge is 2.30. The molecular formula is C22H22N8O2. The lowest BCUT2D eigenvalue weighted by molar-refractivity contribution is -0.139. The highest BCUT2D eigenvalue weighted by Crippen LogP contribution is 2.40. The average Bonchev–Trinajstić information content (AvgIpc) is 2.80. The van der Waals surface area contributed by atoms with Crippen LogP contribution in [0.3, 0.4) is 0 Å². The Balaban J connectivity index is 1.64. The Hall–Kier alpha value is -4.31. The van der Waals surface area contributed by atoms with Crippen LogP contribution in [0.4, 0.5) is 17.3 Å². The average molecular weight is 430 g/mol. The molecule has 32 heavy (non-hydrogen) atoms. The summed E-state index contributed by atoms with van der Waals surface area (Å²) in [6.45, 7) is 0. The van der Waals surface area contributed by atoms with E-state index in [0.717, 1.165) is 32.1 Å². The smallest absolute Gasteiger partial charge is 0.314 e. The number of nitrogen functional groups attached to an aromatic ring is 2. The third-order valence-electron chi connectivity index (χ3n) is 5.71. The summed E-state index contributed by atoms with van der Waals surface area (Å²) in [6, 6.07) is 8.23. The highest BCUT2D eigenvalue weighted by atomic mass is 16.5. The van der Waals surface area contributed by atoms with Crippen molar-refractivity contribution in [2.75, 3.05) is 16.8 Å². The van der Waals surface area contributed by atoms with Crippen LogP contribution in [0.2, 0.25) is 0 Å². The molecule has 1 aromatic carbocycles. The minimum absolute atomic E-state index is 0.0156. The molecule has 0 radical (unpaired) electrons. The van der Waals surface area contributed by atoms with E-state index in [-0.39, 0.29) is 34.9 Å². The van der Waals surface area contributed by atoms with E-state index < -0.39 is 6.04 Å². The van der Waals surface area contributed by atoms with Crippen molar-refractivity contribution in [1.29, 1.82) is 10.5 Å². The number of hydrogen-bond donors (Lipinski definition) is 4. The van der Waals surface area contributed by atoms with Crippen molar-refractivity contribution >= 4 is 29.3 Å². The maximum atomic E-state index is 12.4. The maximum Gasteiger partial charge on any atom is 0.314 e. The first-order valence-corrected chi connectivity index (χ1v) is 10.3. The van der Waals surface area contributed by atoms with E-state index >= 15 is 0 Å². The van der Waals surface area contributed by atoms with Crippen LogP contribution in [0.1, 0.15) is 54.8 Å². The van der Waals surface area contributed by atoms with Crippen molar-refractivity contribution < 1.29 is 9.53 Å². The molecule has 1 unspecified atom stereocenters. The number of esters is 1. The predicted molar refractivity (Wildman–Crippen MR) is 118 cm³/mol. The van der Waals surface area contributed by atoms with Crippen molar-refractivity contribution in [3.8, 4) is 18.0 Å². The Labute approximate surface area is 184 Å². The van der Waals surface area contributed by atoms with Gasteiger partial charge in [-0.15, -0.1) is 0 Å². The second-order valence-corrected chi connectivity index (χ2v) is 7.73. The van der Waals surface area contributed by atoms with Crippen LogP contribution in [0, 0.1) is 28.7 Å². The number of nitriles is 2. The number of benzene rings is 1. The molecule has 1 aliphatic carbocycles. The van der Waals surface area contributed by atoms with Crippen LogP contribution < -0.4 is 26.8 Å². The largest absolute Gasteiger partial charge is 0.426 e. The van der Waals surface area contributed by atoms with Crippen LogP contribution in [0.5, 0.6) is 5.75 Å². The lowest BCUT2D eigenvalue weighted by atomic mass is 9.89. The van der Waals surface area contributed by atoms with E-state index in [9.17, 15) is 10.1 Å². The summed E-state index contributed by atoms with van der Waals surface area (Å²) in [6.07, 6.45) is 6.80. The van der Waals surface area contributed by atoms with E-state index in [4.69, 9.17) is 21.5 Å². The van der Waals surface area contributed by atoms with Gasteiger partial charge in [0, 0.05) is 5.56 Å². The number of guanidine groups is 1. The normalized spacial score (nSPS) is 17.7. The van der Waals surface area contributed by atoms with E-state index in [0.29, 0.717) is 22.7 Å². The number of nitrogens with two attached hydrogens (primary N) is 2. The van der Waals surface area contributed by atoms with Crippen molar-refractivity contribution in [3.05, 3.63) is 41.0 Å². The number of carbonyl (C=O) groups excluding carboxylic acids is 1. The zero-order valence-corrected chi connectivity index (χ0v) is 17.3. The van der Waals surface area contributed by atoms with Gasteiger partial charge in [0.05, 0.1) is 11.6 Å². The molecule has 0 spiro atoms. The Morgan fingerprint density at radius 3 is 2.53 bits per heavy atom. The van der Waals surface area contributed by atoms with Crippen LogP contribution in [-0.4, -0.2) is 16.9 Å². The second kappa shape index (κ2) is 8.82. The monoisotopic (exact) mass is 430 g/mol. The Morgan fingerprint density at radius 1 is 1.16 bits per heavy atom. The number of hydrogen-bond acceptors (Lipinski definition) is 10. The summed E-state index contributed by atoms with van der Waals surface area (Å²) < 4.78 is 5.56. The molecule has 1 saturated carbocycles. The number of rotatable bonds is 3. The molecule has 0 amide bonds. The molecule has 1 aliphatic heterocycles. The number of nitrogens with one attached hydrogen (secondary N) is 2. The fraction of sp³-hybridized carbons (Fsp3) is 0.318. The highest BCUT2D eigenvalue weighted by molar-refractivity contribution is 5.98. The van der Waals surface area contributed by atoms with E-state index in [1.165, 1.54) is 0 Å². The standard InChI is InChI=1S/C22H22N8O2/c23-10-15-17(25)16-18(28-22(27-11-24)30-20(16)29-19(15)26)12-6-8-14(9-7-12)32-21(31)13-4-2-1-3-5-13/h6-9,13,18H,1-5H2,(H6,25,26,27,28,29,30). The summed E-state index contributed by atoms with van der Waals surface area (Å²) in [5, 5.41) is 23.7. The summed E-state index contributed by atoms with van der Waals surface area (Å²) in [4.78, 5) is 21.2. The van der Waals surface area contributed by atoms with Crippen LogP contribution in [0.15, 0.2) is 29.3 Å². The topological polar surface area (TPSA) is 175 Å². The lowest BCUT2D eigenvalue weighted by Crippen LogP contribution is -2.32. The molecule has 4 rings (SSSR count). The summed E-state index contributed by atoms with van der Waals surface area (Å²) >= 11 is 0. The number of aromatic nitrogens is 1. The van der Waals surface area contributed by atoms with Crippen molar-refractivity contribution in [2.45, 2.75) is 38.1 Å². The molecule has 1 aromatic heterocycles.